The average molecular weight is 514 g/mol. The monoisotopic (exact) mass is 513 g/mol. The molecule has 1 aliphatic heterocycles. The molecule has 0 saturated carbocycles. The molecule has 0 radical (unpaired) electrons. The molecule has 0 amide bonds. The number of ether oxygens (including phenoxy) is 2. The number of aliphatic hydroxyl groups is 2. The number of phenols is 1. The molecule has 3 heterocycles. The van der Waals surface area contributed by atoms with Crippen LogP contribution in [0.3, 0.4) is 0 Å². The molecular formula is C24H24FN5O5S. The zero-order chi connectivity index (χ0) is 25.2. The molecule has 0 unspecified atom stereocenters. The number of thioether (sulfide) groups is 1. The number of nitrogens with two attached hydrogens (primary N) is 1. The molecule has 12 heteroatoms. The third kappa shape index (κ3) is 4.80. The first-order chi connectivity index (χ1) is 17.4. The highest BCUT2D eigenvalue weighted by atomic mass is 32.2. The molecule has 0 aliphatic carbocycles. The maximum atomic E-state index is 13.3. The molecule has 1 saturated heterocycles. The van der Waals surface area contributed by atoms with E-state index >= 15 is 0 Å². The van der Waals surface area contributed by atoms with E-state index in [0.717, 1.165) is 5.56 Å². The number of halogens is 1. The van der Waals surface area contributed by atoms with Crippen LogP contribution >= 0.6 is 11.8 Å². The number of aliphatic hydroxyl groups excluding tert-OH is 2. The number of phenolic OH excluding ortho intramolecular Hbond substituents is 1. The summed E-state index contributed by atoms with van der Waals surface area (Å²) in [6, 6.07) is 11.5. The molecule has 10 nitrogen and oxygen atoms in total. The number of anilines is 1. The molecule has 188 valence electrons. The second-order valence-corrected chi connectivity index (χ2v) is 9.39. The Balaban J connectivity index is 1.11. The standard InChI is InChI=1S/C24H24FN5O5S/c25-16-6-3-14(9-17(16)31)13-1-4-15(5-2-13)34-7-8-36-10-18-20(32)21(33)24(35-18)30-12-29-19-22(26)27-11-28-23(19)30/h1-6,9,11-12,18,20-21,24,31-33H,7-8,10H2,(H2,26,27,28)/t18-,20-,21-,24-/m1/s1. The lowest BCUT2D eigenvalue weighted by Gasteiger charge is -2.16. The minimum Gasteiger partial charge on any atom is -0.505 e. The Morgan fingerprint density at radius 2 is 1.83 bits per heavy atom. The summed E-state index contributed by atoms with van der Waals surface area (Å²) in [5, 5.41) is 30.6. The van der Waals surface area contributed by atoms with Crippen LogP contribution in [0.4, 0.5) is 10.2 Å². The predicted molar refractivity (Wildman–Crippen MR) is 132 cm³/mol. The number of hydrogen-bond donors (Lipinski definition) is 4. The predicted octanol–water partition coefficient (Wildman–Crippen LogP) is 2.35. The molecule has 5 rings (SSSR count). The lowest BCUT2D eigenvalue weighted by Crippen LogP contribution is -2.32. The maximum absolute atomic E-state index is 13.3. The van der Waals surface area contributed by atoms with Crippen molar-refractivity contribution in [2.75, 3.05) is 23.8 Å². The number of fused-ring (bicyclic) bond motifs is 1. The molecule has 1 fully saturated rings. The van der Waals surface area contributed by atoms with Crippen LogP contribution < -0.4 is 10.5 Å². The number of nitrogens with zero attached hydrogens (tertiary/aromatic N) is 4. The molecule has 4 aromatic rings. The average Bonchev–Trinajstić information content (AvgIpc) is 3.43. The van der Waals surface area contributed by atoms with Crippen molar-refractivity contribution in [2.45, 2.75) is 24.5 Å². The topological polar surface area (TPSA) is 149 Å². The Labute approximate surface area is 209 Å². The van der Waals surface area contributed by atoms with Crippen molar-refractivity contribution in [3.05, 3.63) is 60.9 Å². The van der Waals surface area contributed by atoms with Gasteiger partial charge < -0.3 is 30.5 Å². The summed E-state index contributed by atoms with van der Waals surface area (Å²) in [5.74, 6) is 0.937. The van der Waals surface area contributed by atoms with Crippen molar-refractivity contribution < 1.29 is 29.2 Å². The summed E-state index contributed by atoms with van der Waals surface area (Å²) in [6.45, 7) is 0.429. The normalized spacial score (nSPS) is 21.8. The quantitative estimate of drug-likeness (QED) is 0.259. The maximum Gasteiger partial charge on any atom is 0.167 e. The summed E-state index contributed by atoms with van der Waals surface area (Å²) in [4.78, 5) is 12.3. The van der Waals surface area contributed by atoms with Crippen LogP contribution in [0.25, 0.3) is 22.3 Å². The number of hydrogen-bond acceptors (Lipinski definition) is 10. The molecule has 1 aliphatic rings. The first kappa shape index (κ1) is 24.3. The minimum atomic E-state index is -1.15. The van der Waals surface area contributed by atoms with Crippen molar-refractivity contribution in [3.8, 4) is 22.6 Å². The van der Waals surface area contributed by atoms with Crippen LogP contribution in [0, 0.1) is 5.82 Å². The van der Waals surface area contributed by atoms with Crippen LogP contribution in [-0.4, -0.2) is 71.3 Å². The highest BCUT2D eigenvalue weighted by Gasteiger charge is 2.44. The van der Waals surface area contributed by atoms with Gasteiger partial charge in [0.15, 0.2) is 29.3 Å². The fourth-order valence-electron chi connectivity index (χ4n) is 4.01. The smallest absolute Gasteiger partial charge is 0.167 e. The van der Waals surface area contributed by atoms with E-state index in [4.69, 9.17) is 15.2 Å². The van der Waals surface area contributed by atoms with E-state index in [1.807, 2.05) is 12.1 Å². The van der Waals surface area contributed by atoms with E-state index in [-0.39, 0.29) is 5.82 Å². The van der Waals surface area contributed by atoms with Crippen LogP contribution in [-0.2, 0) is 4.74 Å². The number of rotatable bonds is 8. The SMILES string of the molecule is Nc1ncnc2c1ncn2[C@@H]1O[C@H](CSCCOc2ccc(-c3ccc(F)c(O)c3)cc2)[C@@H](O)[C@H]1O. The lowest BCUT2D eigenvalue weighted by molar-refractivity contribution is -0.0289. The van der Waals surface area contributed by atoms with Gasteiger partial charge in [-0.1, -0.05) is 18.2 Å². The van der Waals surface area contributed by atoms with Crippen molar-refractivity contribution in [2.24, 2.45) is 0 Å². The molecular weight excluding hydrogens is 489 g/mol. The Kier molecular flexibility index (Phi) is 6.92. The summed E-state index contributed by atoms with van der Waals surface area (Å²) in [6.07, 6.45) is -0.882. The fourth-order valence-corrected chi connectivity index (χ4v) is 4.88. The second-order valence-electron chi connectivity index (χ2n) is 8.24. The van der Waals surface area contributed by atoms with Crippen LogP contribution in [0.2, 0.25) is 0 Å². The van der Waals surface area contributed by atoms with Gasteiger partial charge in [0.25, 0.3) is 0 Å². The number of imidazole rings is 1. The second kappa shape index (κ2) is 10.3. The summed E-state index contributed by atoms with van der Waals surface area (Å²) in [5.41, 5.74) is 8.17. The molecule has 2 aromatic carbocycles. The lowest BCUT2D eigenvalue weighted by atomic mass is 10.1. The first-order valence-corrected chi connectivity index (χ1v) is 12.3. The third-order valence-electron chi connectivity index (χ3n) is 5.91. The van der Waals surface area contributed by atoms with Gasteiger partial charge in [0.1, 0.15) is 29.8 Å². The summed E-state index contributed by atoms with van der Waals surface area (Å²) in [7, 11) is 0. The largest absolute Gasteiger partial charge is 0.505 e. The van der Waals surface area contributed by atoms with Crippen molar-refractivity contribution >= 4 is 28.7 Å². The van der Waals surface area contributed by atoms with Crippen LogP contribution in [0.15, 0.2) is 55.1 Å². The fraction of sp³-hybridized carbons (Fsp3) is 0.292. The van der Waals surface area contributed by atoms with Crippen molar-refractivity contribution in [1.82, 2.24) is 19.5 Å². The number of nitrogen functional groups attached to an aromatic ring is 1. The van der Waals surface area contributed by atoms with E-state index in [2.05, 4.69) is 15.0 Å². The van der Waals surface area contributed by atoms with Gasteiger partial charge in [-0.05, 0) is 35.4 Å². The highest BCUT2D eigenvalue weighted by molar-refractivity contribution is 7.99. The van der Waals surface area contributed by atoms with Crippen molar-refractivity contribution in [1.29, 1.82) is 0 Å². The Hall–Kier alpha value is -3.45. The molecule has 0 spiro atoms. The third-order valence-corrected chi connectivity index (χ3v) is 6.93. The molecule has 36 heavy (non-hydrogen) atoms. The van der Waals surface area contributed by atoms with E-state index in [9.17, 15) is 19.7 Å². The zero-order valence-electron chi connectivity index (χ0n) is 18.9. The number of aromatic nitrogens is 4. The van der Waals surface area contributed by atoms with E-state index in [1.54, 1.807) is 22.8 Å². The highest BCUT2D eigenvalue weighted by Crippen LogP contribution is 2.33. The summed E-state index contributed by atoms with van der Waals surface area (Å²) >= 11 is 1.53. The van der Waals surface area contributed by atoms with Gasteiger partial charge in [-0.2, -0.15) is 11.8 Å². The van der Waals surface area contributed by atoms with Gasteiger partial charge >= 0.3 is 0 Å². The van der Waals surface area contributed by atoms with Crippen molar-refractivity contribution in [3.63, 3.8) is 0 Å². The van der Waals surface area contributed by atoms with E-state index < -0.39 is 36.1 Å². The van der Waals surface area contributed by atoms with Gasteiger partial charge in [-0.15, -0.1) is 0 Å². The van der Waals surface area contributed by atoms with Gasteiger partial charge in [0.2, 0.25) is 0 Å². The van der Waals surface area contributed by atoms with Gasteiger partial charge in [-0.25, -0.2) is 19.3 Å². The minimum absolute atomic E-state index is 0.225. The molecule has 0 bridgehead atoms. The Bertz CT molecular complexity index is 1350. The van der Waals surface area contributed by atoms with E-state index in [0.29, 0.717) is 40.6 Å². The Morgan fingerprint density at radius 1 is 1.06 bits per heavy atom. The van der Waals surface area contributed by atoms with Gasteiger partial charge in [-0.3, -0.25) is 4.57 Å². The first-order valence-electron chi connectivity index (χ1n) is 11.2. The molecule has 2 aromatic heterocycles. The van der Waals surface area contributed by atoms with Crippen LogP contribution in [0.5, 0.6) is 11.5 Å². The van der Waals surface area contributed by atoms with E-state index in [1.165, 1.54) is 36.5 Å². The number of benzene rings is 2. The van der Waals surface area contributed by atoms with Crippen LogP contribution in [0.1, 0.15) is 6.23 Å². The van der Waals surface area contributed by atoms with Gasteiger partial charge in [0, 0.05) is 11.5 Å². The summed E-state index contributed by atoms with van der Waals surface area (Å²) < 4.78 is 26.5. The molecule has 5 N–H and O–H groups in total. The van der Waals surface area contributed by atoms with Gasteiger partial charge in [0.05, 0.1) is 19.0 Å². The number of aromatic hydroxyl groups is 1. The zero-order valence-corrected chi connectivity index (χ0v) is 19.8. The Morgan fingerprint density at radius 3 is 2.61 bits per heavy atom. The molecule has 4 atom stereocenters.